The van der Waals surface area contributed by atoms with Crippen molar-refractivity contribution in [1.29, 1.82) is 0 Å². The highest BCUT2D eigenvalue weighted by atomic mass is 35.5. The van der Waals surface area contributed by atoms with E-state index in [1.165, 1.54) is 0 Å². The Morgan fingerprint density at radius 2 is 2.00 bits per heavy atom. The van der Waals surface area contributed by atoms with Crippen LogP contribution >= 0.6 is 35.4 Å². The molecule has 8 heteroatoms. The molecule has 0 bridgehead atoms. The Bertz CT molecular complexity index is 784. The number of thiocarbonyl (C=S) groups is 1. The Hall–Kier alpha value is -2.02. The summed E-state index contributed by atoms with van der Waals surface area (Å²) in [7, 11) is 3.29. The first-order chi connectivity index (χ1) is 12.0. The maximum atomic E-state index is 6.15. The second-order valence-electron chi connectivity index (χ2n) is 4.88. The van der Waals surface area contributed by atoms with Gasteiger partial charge in [-0.2, -0.15) is 5.10 Å². The normalized spacial score (nSPS) is 10.6. The van der Waals surface area contributed by atoms with Crippen LogP contribution in [0.5, 0.6) is 11.5 Å². The molecule has 2 aromatic rings. The van der Waals surface area contributed by atoms with Crippen LogP contribution in [0.15, 0.2) is 41.5 Å². The van der Waals surface area contributed by atoms with Gasteiger partial charge in [0.05, 0.1) is 13.3 Å². The zero-order chi connectivity index (χ0) is 18.2. The number of ether oxygens (including phenoxy) is 2. The first-order valence-corrected chi connectivity index (χ1v) is 8.45. The van der Waals surface area contributed by atoms with E-state index >= 15 is 0 Å². The molecule has 0 atom stereocenters. The van der Waals surface area contributed by atoms with Crippen molar-refractivity contribution in [3.63, 3.8) is 0 Å². The zero-order valence-corrected chi connectivity index (χ0v) is 16.0. The molecule has 5 nitrogen and oxygen atoms in total. The van der Waals surface area contributed by atoms with Gasteiger partial charge >= 0.3 is 0 Å². The van der Waals surface area contributed by atoms with E-state index in [1.54, 1.807) is 38.6 Å². The summed E-state index contributed by atoms with van der Waals surface area (Å²) in [5.74, 6) is 1.19. The third kappa shape index (κ3) is 5.77. The lowest BCUT2D eigenvalue weighted by Crippen LogP contribution is -2.28. The number of hydrogen-bond donors (Lipinski definition) is 2. The van der Waals surface area contributed by atoms with Crippen LogP contribution in [0.3, 0.4) is 0 Å². The fourth-order valence-electron chi connectivity index (χ4n) is 1.90. The van der Waals surface area contributed by atoms with E-state index in [0.717, 1.165) is 11.1 Å². The van der Waals surface area contributed by atoms with Gasteiger partial charge in [-0.15, -0.1) is 0 Å². The van der Waals surface area contributed by atoms with E-state index in [-0.39, 0.29) is 0 Å². The summed E-state index contributed by atoms with van der Waals surface area (Å²) < 4.78 is 11.2. The molecule has 0 spiro atoms. The predicted molar refractivity (Wildman–Crippen MR) is 106 cm³/mol. The van der Waals surface area contributed by atoms with Gasteiger partial charge in [0.1, 0.15) is 6.61 Å². The summed E-state index contributed by atoms with van der Waals surface area (Å²) in [5.41, 5.74) is 4.35. The van der Waals surface area contributed by atoms with E-state index in [2.05, 4.69) is 15.8 Å². The molecule has 0 aliphatic carbocycles. The number of methoxy groups -OCH3 is 1. The lowest BCUT2D eigenvalue weighted by molar-refractivity contribution is 0.284. The topological polar surface area (TPSA) is 54.9 Å². The lowest BCUT2D eigenvalue weighted by atomic mass is 10.2. The quantitative estimate of drug-likeness (QED) is 0.438. The molecule has 0 aromatic heterocycles. The van der Waals surface area contributed by atoms with Gasteiger partial charge in [0, 0.05) is 22.7 Å². The van der Waals surface area contributed by atoms with E-state index in [9.17, 15) is 0 Å². The predicted octanol–water partition coefficient (Wildman–Crippen LogP) is 4.01. The number of hydrazone groups is 1. The fraction of sp³-hybridized carbons (Fsp3) is 0.176. The Morgan fingerprint density at radius 3 is 2.68 bits per heavy atom. The molecule has 132 valence electrons. The SMILES string of the molecule is CNC(=S)N/N=C\c1ccc(OCc2ccc(Cl)cc2Cl)c(OC)c1. The molecule has 0 fully saturated rings. The van der Waals surface area contributed by atoms with Crippen molar-refractivity contribution >= 4 is 46.7 Å². The number of hydrogen-bond acceptors (Lipinski definition) is 4. The van der Waals surface area contributed by atoms with Crippen LogP contribution in [0.25, 0.3) is 0 Å². The molecule has 0 heterocycles. The molecule has 0 saturated heterocycles. The summed E-state index contributed by atoms with van der Waals surface area (Å²) >= 11 is 17.0. The number of nitrogens with one attached hydrogen (secondary N) is 2. The van der Waals surface area contributed by atoms with Gasteiger partial charge < -0.3 is 14.8 Å². The van der Waals surface area contributed by atoms with E-state index < -0.39 is 0 Å². The summed E-state index contributed by atoms with van der Waals surface area (Å²) in [6, 6.07) is 10.8. The monoisotopic (exact) mass is 397 g/mol. The molecule has 2 rings (SSSR count). The number of halogens is 2. The minimum absolute atomic E-state index is 0.303. The summed E-state index contributed by atoms with van der Waals surface area (Å²) in [5, 5.41) is 8.37. The molecule has 0 aliphatic rings. The smallest absolute Gasteiger partial charge is 0.186 e. The van der Waals surface area contributed by atoms with E-state index in [1.807, 2.05) is 18.2 Å². The van der Waals surface area contributed by atoms with Crippen molar-refractivity contribution in [1.82, 2.24) is 10.7 Å². The Kier molecular flexibility index (Phi) is 7.31. The van der Waals surface area contributed by atoms with Crippen LogP contribution in [-0.2, 0) is 6.61 Å². The first kappa shape index (κ1) is 19.3. The Labute approximate surface area is 161 Å². The maximum Gasteiger partial charge on any atom is 0.186 e. The minimum Gasteiger partial charge on any atom is -0.493 e. The van der Waals surface area contributed by atoms with Gasteiger partial charge in [0.25, 0.3) is 0 Å². The number of rotatable bonds is 6. The number of nitrogens with zero attached hydrogens (tertiary/aromatic N) is 1. The molecule has 2 aromatic carbocycles. The van der Waals surface area contributed by atoms with Crippen LogP contribution in [0.2, 0.25) is 10.0 Å². The molecular formula is C17H17Cl2N3O2S. The second-order valence-corrected chi connectivity index (χ2v) is 6.14. The molecule has 0 unspecified atom stereocenters. The first-order valence-electron chi connectivity index (χ1n) is 7.29. The highest BCUT2D eigenvalue weighted by Crippen LogP contribution is 2.29. The Morgan fingerprint density at radius 1 is 1.20 bits per heavy atom. The van der Waals surface area contributed by atoms with Gasteiger partial charge in [-0.25, -0.2) is 0 Å². The van der Waals surface area contributed by atoms with E-state index in [0.29, 0.717) is 33.3 Å². The fourth-order valence-corrected chi connectivity index (χ4v) is 2.42. The van der Waals surface area contributed by atoms with Crippen molar-refractivity contribution in [2.24, 2.45) is 5.10 Å². The van der Waals surface area contributed by atoms with Gasteiger partial charge in [0.2, 0.25) is 0 Å². The average molecular weight is 398 g/mol. The van der Waals surface area contributed by atoms with Crippen LogP contribution in [-0.4, -0.2) is 25.5 Å². The minimum atomic E-state index is 0.303. The molecular weight excluding hydrogens is 381 g/mol. The summed E-state index contributed by atoms with van der Waals surface area (Å²) in [6.07, 6.45) is 1.63. The molecule has 0 saturated carbocycles. The molecule has 25 heavy (non-hydrogen) atoms. The zero-order valence-electron chi connectivity index (χ0n) is 13.7. The van der Waals surface area contributed by atoms with Crippen LogP contribution in [0, 0.1) is 0 Å². The third-order valence-electron chi connectivity index (χ3n) is 3.19. The van der Waals surface area contributed by atoms with Gasteiger partial charge in [0.15, 0.2) is 16.6 Å². The maximum absolute atomic E-state index is 6.15. The molecule has 0 radical (unpaired) electrons. The Balaban J connectivity index is 2.07. The van der Waals surface area contributed by atoms with Crippen molar-refractivity contribution in [3.05, 3.63) is 57.6 Å². The van der Waals surface area contributed by atoms with Gasteiger partial charge in [-0.05, 0) is 48.1 Å². The largest absolute Gasteiger partial charge is 0.493 e. The highest BCUT2D eigenvalue weighted by Gasteiger charge is 2.08. The standard InChI is InChI=1S/C17H17Cl2N3O2S/c1-20-17(25)22-21-9-11-3-6-15(16(7-11)23-2)24-10-12-4-5-13(18)8-14(12)19/h3-9H,10H2,1-2H3,(H2,20,22,25)/b21-9-. The lowest BCUT2D eigenvalue weighted by Gasteiger charge is -2.12. The molecule has 0 amide bonds. The summed E-state index contributed by atoms with van der Waals surface area (Å²) in [4.78, 5) is 0. The summed E-state index contributed by atoms with van der Waals surface area (Å²) in [6.45, 7) is 0.303. The van der Waals surface area contributed by atoms with Crippen LogP contribution in [0.1, 0.15) is 11.1 Å². The molecule has 2 N–H and O–H groups in total. The van der Waals surface area contributed by atoms with Crippen LogP contribution in [0.4, 0.5) is 0 Å². The van der Waals surface area contributed by atoms with Crippen molar-refractivity contribution < 1.29 is 9.47 Å². The van der Waals surface area contributed by atoms with Crippen molar-refractivity contribution in [2.45, 2.75) is 6.61 Å². The van der Waals surface area contributed by atoms with E-state index in [4.69, 9.17) is 44.9 Å². The van der Waals surface area contributed by atoms with Gasteiger partial charge in [-0.3, -0.25) is 5.43 Å². The second kappa shape index (κ2) is 9.46. The highest BCUT2D eigenvalue weighted by molar-refractivity contribution is 7.80. The molecule has 0 aliphatic heterocycles. The third-order valence-corrected chi connectivity index (χ3v) is 4.08. The van der Waals surface area contributed by atoms with Crippen LogP contribution < -0.4 is 20.2 Å². The van der Waals surface area contributed by atoms with Crippen molar-refractivity contribution in [3.8, 4) is 11.5 Å². The van der Waals surface area contributed by atoms with Crippen molar-refractivity contribution in [2.75, 3.05) is 14.2 Å². The number of benzene rings is 2. The average Bonchev–Trinajstić information content (AvgIpc) is 2.61. The van der Waals surface area contributed by atoms with Gasteiger partial charge in [-0.1, -0.05) is 29.3 Å².